The van der Waals surface area contributed by atoms with Gasteiger partial charge in [0.1, 0.15) is 10.7 Å². The minimum absolute atomic E-state index is 0.0289. The van der Waals surface area contributed by atoms with Gasteiger partial charge in [-0.1, -0.05) is 26.0 Å². The maximum atomic E-state index is 12.7. The van der Waals surface area contributed by atoms with Crippen molar-refractivity contribution >= 4 is 38.5 Å². The molecule has 1 N–H and O–H groups in total. The summed E-state index contributed by atoms with van der Waals surface area (Å²) < 4.78 is 4.17. The summed E-state index contributed by atoms with van der Waals surface area (Å²) in [4.78, 5) is 19.1. The Morgan fingerprint density at radius 3 is 2.82 bits per heavy atom. The van der Waals surface area contributed by atoms with Crippen LogP contribution in [0.15, 0.2) is 30.3 Å². The largest absolute Gasteiger partial charge is 0.350 e. The molecule has 4 rings (SSSR count). The zero-order valence-corrected chi connectivity index (χ0v) is 17.5. The van der Waals surface area contributed by atoms with Crippen molar-refractivity contribution in [3.8, 4) is 0 Å². The van der Waals surface area contributed by atoms with Crippen molar-refractivity contribution in [2.24, 2.45) is 5.92 Å². The molecule has 0 saturated carbocycles. The first-order chi connectivity index (χ1) is 13.4. The number of rotatable bonds is 6. The maximum absolute atomic E-state index is 12.7. The highest BCUT2D eigenvalue weighted by Gasteiger charge is 2.17. The van der Waals surface area contributed by atoms with Crippen molar-refractivity contribution in [1.82, 2.24) is 24.6 Å². The molecule has 3 aromatic heterocycles. The van der Waals surface area contributed by atoms with Crippen LogP contribution in [-0.2, 0) is 13.1 Å². The van der Waals surface area contributed by atoms with Gasteiger partial charge in [-0.25, -0.2) is 4.98 Å². The van der Waals surface area contributed by atoms with Gasteiger partial charge >= 0.3 is 0 Å². The second-order valence-corrected chi connectivity index (χ2v) is 8.58. The molecule has 0 atom stereocenters. The Morgan fingerprint density at radius 1 is 1.25 bits per heavy atom. The van der Waals surface area contributed by atoms with Gasteiger partial charge in [-0.2, -0.15) is 5.10 Å². The van der Waals surface area contributed by atoms with Crippen molar-refractivity contribution < 1.29 is 4.79 Å². The van der Waals surface area contributed by atoms with E-state index in [0.717, 1.165) is 44.2 Å². The summed E-state index contributed by atoms with van der Waals surface area (Å²) in [5, 5.41) is 8.74. The molecular weight excluding hydrogens is 370 g/mol. The first-order valence-corrected chi connectivity index (χ1v) is 10.4. The molecule has 1 amide bonds. The number of hydrogen-bond acceptors (Lipinski definition) is 4. The summed E-state index contributed by atoms with van der Waals surface area (Å²) in [7, 11) is 0. The van der Waals surface area contributed by atoms with Crippen molar-refractivity contribution in [1.29, 1.82) is 0 Å². The van der Waals surface area contributed by atoms with Gasteiger partial charge in [0.05, 0.1) is 21.6 Å². The number of benzene rings is 1. The second-order valence-electron chi connectivity index (χ2n) is 7.55. The van der Waals surface area contributed by atoms with Gasteiger partial charge in [-0.15, -0.1) is 11.3 Å². The van der Waals surface area contributed by atoms with Crippen molar-refractivity contribution in [2.75, 3.05) is 6.54 Å². The van der Waals surface area contributed by atoms with Crippen LogP contribution < -0.4 is 5.32 Å². The Balaban J connectivity index is 1.47. The number of nitrogens with zero attached hydrogens (tertiary/aromatic N) is 4. The molecule has 146 valence electrons. The lowest BCUT2D eigenvalue weighted by atomic mass is 10.2. The van der Waals surface area contributed by atoms with Gasteiger partial charge in [0.2, 0.25) is 0 Å². The third-order valence-corrected chi connectivity index (χ3v) is 5.98. The molecule has 0 saturated heterocycles. The predicted octanol–water partition coefficient (Wildman–Crippen LogP) is 4.15. The Hall–Kier alpha value is -2.67. The molecule has 0 aliphatic rings. The molecule has 0 unspecified atom stereocenters. The van der Waals surface area contributed by atoms with E-state index in [2.05, 4.69) is 39.9 Å². The Bertz CT molecular complexity index is 1150. The van der Waals surface area contributed by atoms with Crippen LogP contribution in [0.2, 0.25) is 0 Å². The lowest BCUT2D eigenvalue weighted by Crippen LogP contribution is -2.26. The van der Waals surface area contributed by atoms with Crippen LogP contribution in [0, 0.1) is 19.8 Å². The quantitative estimate of drug-likeness (QED) is 0.533. The lowest BCUT2D eigenvalue weighted by Gasteiger charge is -2.08. The highest BCUT2D eigenvalue weighted by atomic mass is 32.1. The van der Waals surface area contributed by atoms with Gasteiger partial charge in [-0.3, -0.25) is 9.48 Å². The van der Waals surface area contributed by atoms with Gasteiger partial charge in [-0.05, 0) is 38.0 Å². The monoisotopic (exact) mass is 395 g/mol. The van der Waals surface area contributed by atoms with E-state index in [-0.39, 0.29) is 5.91 Å². The number of para-hydroxylation sites is 2. The first kappa shape index (κ1) is 18.7. The summed E-state index contributed by atoms with van der Waals surface area (Å²) in [5.74, 6) is 1.44. The SMILES string of the molecule is Cc1nn(CC(C)C)c2sc(C(=O)NCCn3c(C)nc4ccccc43)cc12. The van der Waals surface area contributed by atoms with E-state index >= 15 is 0 Å². The fraction of sp³-hybridized carbons (Fsp3) is 0.381. The molecule has 6 nitrogen and oxygen atoms in total. The molecule has 28 heavy (non-hydrogen) atoms. The fourth-order valence-electron chi connectivity index (χ4n) is 3.54. The topological polar surface area (TPSA) is 64.7 Å². The molecule has 1 aromatic carbocycles. The highest BCUT2D eigenvalue weighted by molar-refractivity contribution is 7.20. The van der Waals surface area contributed by atoms with Gasteiger partial charge < -0.3 is 9.88 Å². The Labute approximate surface area is 168 Å². The van der Waals surface area contributed by atoms with E-state index in [1.807, 2.05) is 42.8 Å². The minimum atomic E-state index is -0.0289. The van der Waals surface area contributed by atoms with Crippen LogP contribution in [0.4, 0.5) is 0 Å². The highest BCUT2D eigenvalue weighted by Crippen LogP contribution is 2.28. The van der Waals surface area contributed by atoms with Crippen LogP contribution in [0.25, 0.3) is 21.3 Å². The van der Waals surface area contributed by atoms with Crippen molar-refractivity contribution in [3.63, 3.8) is 0 Å². The van der Waals surface area contributed by atoms with E-state index in [0.29, 0.717) is 19.0 Å². The number of aryl methyl sites for hydroxylation is 2. The summed E-state index contributed by atoms with van der Waals surface area (Å²) in [6.07, 6.45) is 0. The molecule has 0 fully saturated rings. The summed E-state index contributed by atoms with van der Waals surface area (Å²) in [5.41, 5.74) is 3.06. The minimum Gasteiger partial charge on any atom is -0.350 e. The number of amides is 1. The van der Waals surface area contributed by atoms with E-state index < -0.39 is 0 Å². The second kappa shape index (κ2) is 7.39. The number of fused-ring (bicyclic) bond motifs is 2. The average Bonchev–Trinajstić information content (AvgIpc) is 3.29. The predicted molar refractivity (Wildman–Crippen MR) is 114 cm³/mol. The molecule has 0 spiro atoms. The van der Waals surface area contributed by atoms with Crippen LogP contribution in [-0.4, -0.2) is 31.8 Å². The zero-order chi connectivity index (χ0) is 19.8. The summed E-state index contributed by atoms with van der Waals surface area (Å²) >= 11 is 1.52. The average molecular weight is 396 g/mol. The Kier molecular flexibility index (Phi) is 4.93. The number of imidazole rings is 1. The van der Waals surface area contributed by atoms with Crippen molar-refractivity contribution in [2.45, 2.75) is 40.8 Å². The molecule has 0 aliphatic carbocycles. The third kappa shape index (κ3) is 3.42. The number of hydrogen-bond donors (Lipinski definition) is 1. The summed E-state index contributed by atoms with van der Waals surface area (Å²) in [6, 6.07) is 10.0. The molecule has 4 aromatic rings. The van der Waals surface area contributed by atoms with Crippen LogP contribution in [0.5, 0.6) is 0 Å². The third-order valence-electron chi connectivity index (χ3n) is 4.84. The van der Waals surface area contributed by atoms with Crippen LogP contribution >= 0.6 is 11.3 Å². The smallest absolute Gasteiger partial charge is 0.261 e. The van der Waals surface area contributed by atoms with E-state index in [4.69, 9.17) is 0 Å². The maximum Gasteiger partial charge on any atom is 0.261 e. The number of aromatic nitrogens is 4. The summed E-state index contributed by atoms with van der Waals surface area (Å²) in [6.45, 7) is 10.5. The van der Waals surface area contributed by atoms with Gasteiger partial charge in [0.15, 0.2) is 0 Å². The molecule has 0 aliphatic heterocycles. The van der Waals surface area contributed by atoms with Gasteiger partial charge in [0.25, 0.3) is 5.91 Å². The number of nitrogens with one attached hydrogen (secondary N) is 1. The number of carbonyl (C=O) groups is 1. The van der Waals surface area contributed by atoms with Crippen LogP contribution in [0.3, 0.4) is 0 Å². The molecule has 3 heterocycles. The van der Waals surface area contributed by atoms with Crippen molar-refractivity contribution in [3.05, 3.63) is 46.7 Å². The molecule has 0 bridgehead atoms. The van der Waals surface area contributed by atoms with Gasteiger partial charge in [0, 0.05) is 25.0 Å². The Morgan fingerprint density at radius 2 is 2.04 bits per heavy atom. The number of thiophene rings is 1. The lowest BCUT2D eigenvalue weighted by molar-refractivity contribution is 0.0956. The van der Waals surface area contributed by atoms with E-state index in [1.165, 1.54) is 11.3 Å². The fourth-order valence-corrected chi connectivity index (χ4v) is 4.63. The molecule has 0 radical (unpaired) electrons. The molecule has 7 heteroatoms. The standard InChI is InChI=1S/C21H25N5OS/c1-13(2)12-26-21-16(14(3)24-26)11-19(28-21)20(27)22-9-10-25-15(4)23-17-7-5-6-8-18(17)25/h5-8,11,13H,9-10,12H2,1-4H3,(H,22,27). The normalized spacial score (nSPS) is 11.8. The van der Waals surface area contributed by atoms with E-state index in [1.54, 1.807) is 0 Å². The first-order valence-electron chi connectivity index (χ1n) is 9.61. The number of carbonyl (C=O) groups excluding carboxylic acids is 1. The molecular formula is C21H25N5OS. The van der Waals surface area contributed by atoms with E-state index in [9.17, 15) is 4.79 Å². The zero-order valence-electron chi connectivity index (χ0n) is 16.7. The van der Waals surface area contributed by atoms with Crippen LogP contribution in [0.1, 0.15) is 35.0 Å².